The van der Waals surface area contributed by atoms with E-state index in [0.717, 1.165) is 6.07 Å². The summed E-state index contributed by atoms with van der Waals surface area (Å²) >= 11 is 0. The Morgan fingerprint density at radius 1 is 1.03 bits per heavy atom. The van der Waals surface area contributed by atoms with E-state index in [2.05, 4.69) is 0 Å². The second-order valence-corrected chi connectivity index (χ2v) is 8.95. The van der Waals surface area contributed by atoms with Gasteiger partial charge in [-0.2, -0.15) is 0 Å². The largest absolute Gasteiger partial charge is 0.507 e. The molecule has 9 nitrogen and oxygen atoms in total. The lowest BCUT2D eigenvalue weighted by atomic mass is 9.95. The molecular formula is C28H26N2O7. The van der Waals surface area contributed by atoms with E-state index in [9.17, 15) is 24.8 Å². The highest BCUT2D eigenvalue weighted by Gasteiger charge is 2.47. The van der Waals surface area contributed by atoms with Gasteiger partial charge in [0, 0.05) is 23.4 Å². The van der Waals surface area contributed by atoms with Gasteiger partial charge in [0.25, 0.3) is 17.4 Å². The van der Waals surface area contributed by atoms with E-state index < -0.39 is 28.4 Å². The Balaban J connectivity index is 1.84. The van der Waals surface area contributed by atoms with Crippen molar-refractivity contribution in [2.45, 2.75) is 19.9 Å². The zero-order valence-electron chi connectivity index (χ0n) is 20.6. The van der Waals surface area contributed by atoms with Crippen molar-refractivity contribution in [1.82, 2.24) is 0 Å². The predicted octanol–water partition coefficient (Wildman–Crippen LogP) is 5.26. The van der Waals surface area contributed by atoms with Crippen molar-refractivity contribution in [1.29, 1.82) is 0 Å². The molecular weight excluding hydrogens is 476 g/mol. The molecule has 190 valence electrons. The van der Waals surface area contributed by atoms with Crippen LogP contribution in [0.2, 0.25) is 0 Å². The van der Waals surface area contributed by atoms with Crippen LogP contribution in [-0.4, -0.2) is 35.4 Å². The topological polar surface area (TPSA) is 119 Å². The van der Waals surface area contributed by atoms with Crippen molar-refractivity contribution in [3.8, 4) is 11.5 Å². The molecule has 1 amide bonds. The molecule has 3 aromatic rings. The van der Waals surface area contributed by atoms with Crippen LogP contribution >= 0.6 is 0 Å². The minimum atomic E-state index is -0.979. The Kier molecular flexibility index (Phi) is 7.24. The van der Waals surface area contributed by atoms with Crippen LogP contribution in [0.25, 0.3) is 5.76 Å². The fraction of sp³-hybridized carbons (Fsp3) is 0.214. The van der Waals surface area contributed by atoms with E-state index in [4.69, 9.17) is 9.47 Å². The molecule has 1 aliphatic heterocycles. The quantitative estimate of drug-likeness (QED) is 0.147. The average molecular weight is 503 g/mol. The maximum absolute atomic E-state index is 13.3. The standard InChI is InChI=1S/C28H26N2O7/c1-17(2)16-37-23-13-9-20(10-14-23)29-25(18-7-11-22(36-3)12-8-18)24(27(32)28(29)33)26(31)19-5-4-6-21(15-19)30(34)35/h4-15,17,25,31H,16H2,1-3H3/b26-24-. The van der Waals surface area contributed by atoms with Gasteiger partial charge in [-0.05, 0) is 47.9 Å². The molecule has 1 N–H and O–H groups in total. The number of nitro groups is 1. The summed E-state index contributed by atoms with van der Waals surface area (Å²) < 4.78 is 11.0. The Hall–Kier alpha value is -4.66. The van der Waals surface area contributed by atoms with Crippen molar-refractivity contribution in [3.63, 3.8) is 0 Å². The number of amides is 1. The molecule has 1 saturated heterocycles. The van der Waals surface area contributed by atoms with Gasteiger partial charge in [-0.15, -0.1) is 0 Å². The molecule has 1 heterocycles. The first-order valence-corrected chi connectivity index (χ1v) is 11.6. The summed E-state index contributed by atoms with van der Waals surface area (Å²) in [5.41, 5.74) is 0.611. The third kappa shape index (κ3) is 5.16. The first kappa shape index (κ1) is 25.4. The lowest BCUT2D eigenvalue weighted by Gasteiger charge is -2.25. The number of aliphatic hydroxyl groups excluding tert-OH is 1. The molecule has 4 rings (SSSR count). The number of Topliss-reactive ketones (excluding diaryl/α,β-unsaturated/α-hetero) is 1. The van der Waals surface area contributed by atoms with Crippen molar-refractivity contribution in [2.75, 3.05) is 18.6 Å². The molecule has 1 unspecified atom stereocenters. The number of hydrogen-bond donors (Lipinski definition) is 1. The van der Waals surface area contributed by atoms with Crippen LogP contribution in [0, 0.1) is 16.0 Å². The number of carbonyl (C=O) groups is 2. The lowest BCUT2D eigenvalue weighted by Crippen LogP contribution is -2.29. The summed E-state index contributed by atoms with van der Waals surface area (Å²) in [6.07, 6.45) is 0. The third-order valence-corrected chi connectivity index (χ3v) is 5.90. The monoisotopic (exact) mass is 502 g/mol. The molecule has 0 spiro atoms. The van der Waals surface area contributed by atoms with Crippen LogP contribution in [0.4, 0.5) is 11.4 Å². The highest BCUT2D eigenvalue weighted by molar-refractivity contribution is 6.51. The maximum Gasteiger partial charge on any atom is 0.300 e. The smallest absolute Gasteiger partial charge is 0.300 e. The molecule has 0 saturated carbocycles. The number of anilines is 1. The van der Waals surface area contributed by atoms with E-state index in [0.29, 0.717) is 35.3 Å². The van der Waals surface area contributed by atoms with Crippen molar-refractivity contribution in [2.24, 2.45) is 5.92 Å². The number of rotatable bonds is 8. The van der Waals surface area contributed by atoms with Gasteiger partial charge in [0.1, 0.15) is 17.3 Å². The molecule has 0 aliphatic carbocycles. The van der Waals surface area contributed by atoms with Gasteiger partial charge in [0.15, 0.2) is 0 Å². The molecule has 1 aliphatic rings. The highest BCUT2D eigenvalue weighted by atomic mass is 16.6. The second kappa shape index (κ2) is 10.5. The molecule has 1 atom stereocenters. The van der Waals surface area contributed by atoms with Gasteiger partial charge < -0.3 is 14.6 Å². The fourth-order valence-corrected chi connectivity index (χ4v) is 4.09. The zero-order chi connectivity index (χ0) is 26.7. The predicted molar refractivity (Wildman–Crippen MR) is 138 cm³/mol. The number of methoxy groups -OCH3 is 1. The SMILES string of the molecule is COc1ccc(C2/C(=C(/O)c3cccc([N+](=O)[O-])c3)C(=O)C(=O)N2c2ccc(OCC(C)C)cc2)cc1. The number of nitro benzene ring substituents is 1. The van der Waals surface area contributed by atoms with Gasteiger partial charge in [-0.3, -0.25) is 24.6 Å². The summed E-state index contributed by atoms with van der Waals surface area (Å²) in [5, 5.41) is 22.5. The summed E-state index contributed by atoms with van der Waals surface area (Å²) in [7, 11) is 1.52. The summed E-state index contributed by atoms with van der Waals surface area (Å²) in [6, 6.07) is 17.8. The Morgan fingerprint density at radius 3 is 2.27 bits per heavy atom. The van der Waals surface area contributed by atoms with Crippen molar-refractivity contribution in [3.05, 3.63) is 99.6 Å². The molecule has 0 bridgehead atoms. The molecule has 37 heavy (non-hydrogen) atoms. The molecule has 1 fully saturated rings. The first-order chi connectivity index (χ1) is 17.7. The number of non-ortho nitro benzene ring substituents is 1. The van der Waals surface area contributed by atoms with Crippen LogP contribution < -0.4 is 14.4 Å². The lowest BCUT2D eigenvalue weighted by molar-refractivity contribution is -0.384. The normalized spacial score (nSPS) is 16.8. The zero-order valence-corrected chi connectivity index (χ0v) is 20.6. The van der Waals surface area contributed by atoms with Crippen LogP contribution in [0.5, 0.6) is 11.5 Å². The van der Waals surface area contributed by atoms with Crippen molar-refractivity contribution >= 4 is 28.8 Å². The summed E-state index contributed by atoms with van der Waals surface area (Å²) in [4.78, 5) is 38.6. The van der Waals surface area contributed by atoms with Gasteiger partial charge in [-0.1, -0.05) is 38.1 Å². The van der Waals surface area contributed by atoms with Crippen LogP contribution in [0.1, 0.15) is 31.0 Å². The van der Waals surface area contributed by atoms with Crippen LogP contribution in [0.15, 0.2) is 78.4 Å². The Bertz CT molecular complexity index is 1360. The number of hydrogen-bond acceptors (Lipinski definition) is 7. The van der Waals surface area contributed by atoms with Gasteiger partial charge in [0.2, 0.25) is 0 Å². The number of benzene rings is 3. The average Bonchev–Trinajstić information content (AvgIpc) is 3.17. The number of aliphatic hydroxyl groups is 1. The first-order valence-electron chi connectivity index (χ1n) is 11.6. The second-order valence-electron chi connectivity index (χ2n) is 8.95. The van der Waals surface area contributed by atoms with Crippen LogP contribution in [-0.2, 0) is 9.59 Å². The van der Waals surface area contributed by atoms with Gasteiger partial charge >= 0.3 is 0 Å². The van der Waals surface area contributed by atoms with E-state index in [1.54, 1.807) is 48.5 Å². The minimum absolute atomic E-state index is 0.0585. The number of ketones is 1. The number of ether oxygens (including phenoxy) is 2. The summed E-state index contributed by atoms with van der Waals surface area (Å²) in [6.45, 7) is 4.59. The van der Waals surface area contributed by atoms with E-state index in [1.165, 1.54) is 30.2 Å². The third-order valence-electron chi connectivity index (χ3n) is 5.90. The number of carbonyl (C=O) groups excluding carboxylic acids is 2. The molecule has 0 aromatic heterocycles. The molecule has 9 heteroatoms. The van der Waals surface area contributed by atoms with Crippen LogP contribution in [0.3, 0.4) is 0 Å². The molecule has 0 radical (unpaired) electrons. The molecule has 3 aromatic carbocycles. The Morgan fingerprint density at radius 2 is 1.68 bits per heavy atom. The fourth-order valence-electron chi connectivity index (χ4n) is 4.09. The summed E-state index contributed by atoms with van der Waals surface area (Å²) in [5.74, 6) is -0.699. The van der Waals surface area contributed by atoms with Crippen molar-refractivity contribution < 1.29 is 29.1 Å². The highest BCUT2D eigenvalue weighted by Crippen LogP contribution is 2.43. The minimum Gasteiger partial charge on any atom is -0.507 e. The van der Waals surface area contributed by atoms with Gasteiger partial charge in [0.05, 0.1) is 30.3 Å². The Labute approximate surface area is 213 Å². The number of nitrogens with zero attached hydrogens (tertiary/aromatic N) is 2. The maximum atomic E-state index is 13.3. The van der Waals surface area contributed by atoms with E-state index in [-0.39, 0.29) is 16.8 Å². The van der Waals surface area contributed by atoms with E-state index >= 15 is 0 Å². The van der Waals surface area contributed by atoms with Gasteiger partial charge in [-0.25, -0.2) is 0 Å². The van der Waals surface area contributed by atoms with E-state index in [1.807, 2.05) is 13.8 Å².